The van der Waals surface area contributed by atoms with Crippen LogP contribution < -0.4 is 4.72 Å². The molecule has 5 atom stereocenters. The summed E-state index contributed by atoms with van der Waals surface area (Å²) in [5.41, 5.74) is 2.14. The minimum absolute atomic E-state index is 0.00537. The summed E-state index contributed by atoms with van der Waals surface area (Å²) in [5.74, 6) is 1.46. The van der Waals surface area contributed by atoms with E-state index in [9.17, 15) is 18.3 Å². The standard InChI is InChI=1S/C29H31NO4S/c1-29-13-12-25-24-11-8-22(31)14-20(24)7-10-26(25)28(29)21(16-27(29)32)17-30-35(33,34)23-9-6-18-4-2-3-5-19(18)15-23/h2-6,8-9,11,14-15,21,25-26,28,30-31H,7,10,12-13,16-17H2,1H3/t21-,25-,26-,28+,29-/m1/s1. The SMILES string of the molecule is C[C@]12CC[C@@H]3c4ccc(O)cc4CC[C@H]3[C@@H]1[C@@H](CNS(=O)(=O)c1ccc3ccccc3c1)CC2=O. The van der Waals surface area contributed by atoms with Crippen LogP contribution in [-0.2, 0) is 21.2 Å². The van der Waals surface area contributed by atoms with Crippen molar-refractivity contribution in [3.8, 4) is 5.75 Å². The van der Waals surface area contributed by atoms with Crippen LogP contribution in [-0.4, -0.2) is 25.9 Å². The number of rotatable bonds is 4. The molecular weight excluding hydrogens is 458 g/mol. The molecule has 0 radical (unpaired) electrons. The van der Waals surface area contributed by atoms with Crippen molar-refractivity contribution in [1.29, 1.82) is 0 Å². The maximum absolute atomic E-state index is 13.2. The number of Topliss-reactive ketones (excluding diaryl/α,β-unsaturated/α-hetero) is 1. The van der Waals surface area contributed by atoms with Crippen molar-refractivity contribution in [1.82, 2.24) is 4.72 Å². The molecule has 0 heterocycles. The number of carbonyl (C=O) groups is 1. The van der Waals surface area contributed by atoms with Crippen LogP contribution in [0.5, 0.6) is 5.75 Å². The molecule has 35 heavy (non-hydrogen) atoms. The molecule has 0 aromatic heterocycles. The Morgan fingerprint density at radius 3 is 2.66 bits per heavy atom. The molecule has 2 fully saturated rings. The van der Waals surface area contributed by atoms with Gasteiger partial charge in [-0.15, -0.1) is 0 Å². The number of aromatic hydroxyl groups is 1. The zero-order valence-corrected chi connectivity index (χ0v) is 20.7. The Kier molecular flexibility index (Phi) is 5.31. The van der Waals surface area contributed by atoms with Gasteiger partial charge in [0.05, 0.1) is 4.90 Å². The molecule has 3 aliphatic carbocycles. The van der Waals surface area contributed by atoms with Gasteiger partial charge in [-0.3, -0.25) is 4.79 Å². The van der Waals surface area contributed by atoms with Gasteiger partial charge in [-0.1, -0.05) is 43.3 Å². The molecule has 0 bridgehead atoms. The second-order valence-corrected chi connectivity index (χ2v) is 12.7. The fraction of sp³-hybridized carbons (Fsp3) is 0.414. The van der Waals surface area contributed by atoms with Crippen LogP contribution in [0.15, 0.2) is 65.6 Å². The second-order valence-electron chi connectivity index (χ2n) is 10.9. The summed E-state index contributed by atoms with van der Waals surface area (Å²) >= 11 is 0. The topological polar surface area (TPSA) is 83.5 Å². The first-order valence-electron chi connectivity index (χ1n) is 12.6. The Balaban J connectivity index is 1.26. The van der Waals surface area contributed by atoms with E-state index in [0.29, 0.717) is 24.0 Å². The lowest BCUT2D eigenvalue weighted by Crippen LogP contribution is -2.46. The molecule has 3 aliphatic rings. The van der Waals surface area contributed by atoms with Crippen LogP contribution in [0.4, 0.5) is 0 Å². The number of aryl methyl sites for hydroxylation is 1. The molecule has 0 saturated heterocycles. The summed E-state index contributed by atoms with van der Waals surface area (Å²) in [4.78, 5) is 13.5. The highest BCUT2D eigenvalue weighted by Gasteiger charge is 2.58. The van der Waals surface area contributed by atoms with Gasteiger partial charge in [-0.2, -0.15) is 0 Å². The first-order valence-corrected chi connectivity index (χ1v) is 14.1. The van der Waals surface area contributed by atoms with E-state index in [4.69, 9.17) is 0 Å². The lowest BCUT2D eigenvalue weighted by atomic mass is 9.54. The summed E-state index contributed by atoms with van der Waals surface area (Å²) in [6.45, 7) is 2.40. The number of phenols is 1. The van der Waals surface area contributed by atoms with E-state index in [2.05, 4.69) is 17.7 Å². The van der Waals surface area contributed by atoms with E-state index in [-0.39, 0.29) is 34.5 Å². The van der Waals surface area contributed by atoms with Gasteiger partial charge in [0.15, 0.2) is 0 Å². The third kappa shape index (κ3) is 3.69. The minimum Gasteiger partial charge on any atom is -0.508 e. The van der Waals surface area contributed by atoms with Crippen molar-refractivity contribution in [3.63, 3.8) is 0 Å². The maximum atomic E-state index is 13.2. The minimum atomic E-state index is -3.69. The van der Waals surface area contributed by atoms with E-state index in [1.165, 1.54) is 11.1 Å². The molecule has 0 unspecified atom stereocenters. The largest absolute Gasteiger partial charge is 0.508 e. The number of hydrogen-bond acceptors (Lipinski definition) is 4. The number of nitrogens with one attached hydrogen (secondary N) is 1. The summed E-state index contributed by atoms with van der Waals surface area (Å²) in [5, 5.41) is 11.8. The average molecular weight is 490 g/mol. The van der Waals surface area contributed by atoms with Gasteiger partial charge >= 0.3 is 0 Å². The zero-order valence-electron chi connectivity index (χ0n) is 19.9. The molecule has 0 spiro atoms. The van der Waals surface area contributed by atoms with Crippen molar-refractivity contribution in [3.05, 3.63) is 71.8 Å². The van der Waals surface area contributed by atoms with Gasteiger partial charge in [0, 0.05) is 18.4 Å². The highest BCUT2D eigenvalue weighted by atomic mass is 32.2. The van der Waals surface area contributed by atoms with Crippen LogP contribution in [0.1, 0.15) is 49.7 Å². The molecule has 2 N–H and O–H groups in total. The molecule has 0 amide bonds. The van der Waals surface area contributed by atoms with Crippen molar-refractivity contribution in [2.45, 2.75) is 49.8 Å². The van der Waals surface area contributed by atoms with Crippen molar-refractivity contribution < 1.29 is 18.3 Å². The molecular formula is C29H31NO4S. The van der Waals surface area contributed by atoms with Gasteiger partial charge < -0.3 is 5.11 Å². The maximum Gasteiger partial charge on any atom is 0.240 e. The van der Waals surface area contributed by atoms with Gasteiger partial charge in [-0.05, 0) is 95.5 Å². The number of carbonyl (C=O) groups excluding carboxylic acids is 1. The summed E-state index contributed by atoms with van der Waals surface area (Å²) in [6.07, 6.45) is 4.11. The number of fused-ring (bicyclic) bond motifs is 6. The number of ketones is 1. The van der Waals surface area contributed by atoms with Gasteiger partial charge in [0.2, 0.25) is 10.0 Å². The Bertz CT molecular complexity index is 1430. The third-order valence-electron chi connectivity index (χ3n) is 9.12. The van der Waals surface area contributed by atoms with E-state index in [1.54, 1.807) is 18.2 Å². The number of sulfonamides is 1. The Labute approximate surface area is 206 Å². The van der Waals surface area contributed by atoms with E-state index < -0.39 is 10.0 Å². The van der Waals surface area contributed by atoms with Crippen molar-refractivity contribution in [2.75, 3.05) is 6.54 Å². The van der Waals surface area contributed by atoms with Crippen molar-refractivity contribution in [2.24, 2.45) is 23.2 Å². The number of phenolic OH excluding ortho intramolecular Hbond substituents is 1. The predicted molar refractivity (Wildman–Crippen MR) is 136 cm³/mol. The average Bonchev–Trinajstić information content (AvgIpc) is 3.12. The summed E-state index contributed by atoms with van der Waals surface area (Å²) in [6, 6.07) is 18.6. The molecule has 3 aromatic carbocycles. The highest BCUT2D eigenvalue weighted by Crippen LogP contribution is 2.61. The molecule has 6 rings (SSSR count). The Morgan fingerprint density at radius 1 is 1.03 bits per heavy atom. The zero-order chi connectivity index (χ0) is 24.4. The fourth-order valence-corrected chi connectivity index (χ4v) is 8.57. The Morgan fingerprint density at radius 2 is 1.83 bits per heavy atom. The quantitative estimate of drug-likeness (QED) is 0.529. The van der Waals surface area contributed by atoms with Crippen LogP contribution >= 0.6 is 0 Å². The lowest BCUT2D eigenvalue weighted by molar-refractivity contribution is -0.129. The van der Waals surface area contributed by atoms with Crippen molar-refractivity contribution >= 4 is 26.6 Å². The first-order chi connectivity index (χ1) is 16.8. The van der Waals surface area contributed by atoms with Crippen LogP contribution in [0.25, 0.3) is 10.8 Å². The van der Waals surface area contributed by atoms with E-state index in [0.717, 1.165) is 36.5 Å². The van der Waals surface area contributed by atoms with Gasteiger partial charge in [0.1, 0.15) is 11.5 Å². The Hall–Kier alpha value is -2.70. The molecule has 0 aliphatic heterocycles. The molecule has 182 valence electrons. The third-order valence-corrected chi connectivity index (χ3v) is 10.5. The van der Waals surface area contributed by atoms with Crippen LogP contribution in [0.3, 0.4) is 0 Å². The molecule has 3 aromatic rings. The first kappa shape index (κ1) is 22.7. The monoisotopic (exact) mass is 489 g/mol. The van der Waals surface area contributed by atoms with E-state index in [1.807, 2.05) is 36.4 Å². The van der Waals surface area contributed by atoms with Gasteiger partial charge in [0.25, 0.3) is 0 Å². The highest BCUT2D eigenvalue weighted by molar-refractivity contribution is 7.89. The van der Waals surface area contributed by atoms with Gasteiger partial charge in [-0.25, -0.2) is 13.1 Å². The molecule has 2 saturated carbocycles. The molecule has 5 nitrogen and oxygen atoms in total. The number of benzene rings is 3. The molecule has 6 heteroatoms. The second kappa shape index (κ2) is 8.17. The van der Waals surface area contributed by atoms with Crippen LogP contribution in [0.2, 0.25) is 0 Å². The fourth-order valence-electron chi connectivity index (χ4n) is 7.45. The van der Waals surface area contributed by atoms with E-state index >= 15 is 0 Å². The number of hydrogen-bond donors (Lipinski definition) is 2. The summed E-state index contributed by atoms with van der Waals surface area (Å²) < 4.78 is 29.3. The van der Waals surface area contributed by atoms with Crippen LogP contribution in [0, 0.1) is 23.2 Å². The normalized spacial score (nSPS) is 30.0. The smallest absolute Gasteiger partial charge is 0.240 e. The predicted octanol–water partition coefficient (Wildman–Crippen LogP) is 5.18. The summed E-state index contributed by atoms with van der Waals surface area (Å²) in [7, 11) is -3.69. The lowest BCUT2D eigenvalue weighted by Gasteiger charge is -2.49.